The van der Waals surface area contributed by atoms with E-state index in [4.69, 9.17) is 0 Å². The first kappa shape index (κ1) is 15.4. The fraction of sp³-hybridized carbons (Fsp3) is 0.778. The predicted molar refractivity (Wildman–Crippen MR) is 56.3 cm³/mol. The summed E-state index contributed by atoms with van der Waals surface area (Å²) in [5.74, 6) is -2.73. The highest BCUT2D eigenvalue weighted by Gasteiger charge is 2.42. The van der Waals surface area contributed by atoms with Gasteiger partial charge in [-0.2, -0.15) is 13.2 Å². The van der Waals surface area contributed by atoms with Crippen molar-refractivity contribution in [2.45, 2.75) is 20.0 Å². The Morgan fingerprint density at radius 1 is 1.38 bits per heavy atom. The summed E-state index contributed by atoms with van der Waals surface area (Å²) in [5.41, 5.74) is 0. The van der Waals surface area contributed by atoms with Gasteiger partial charge in [0.1, 0.15) is 5.78 Å². The second-order valence-electron chi connectivity index (χ2n) is 3.34. The Balaban J connectivity index is 4.53. The van der Waals surface area contributed by atoms with E-state index in [-0.39, 0.29) is 24.2 Å². The first-order chi connectivity index (χ1) is 7.23. The van der Waals surface area contributed by atoms with E-state index in [2.05, 4.69) is 15.9 Å². The number of carbonyl (C=O) groups is 2. The molecule has 0 aliphatic rings. The molecule has 94 valence electrons. The van der Waals surface area contributed by atoms with E-state index in [0.717, 1.165) is 0 Å². The van der Waals surface area contributed by atoms with Gasteiger partial charge in [-0.1, -0.05) is 22.9 Å². The zero-order valence-corrected chi connectivity index (χ0v) is 10.6. The van der Waals surface area contributed by atoms with Gasteiger partial charge in [-0.05, 0) is 6.92 Å². The van der Waals surface area contributed by atoms with Crippen molar-refractivity contribution in [2.75, 3.05) is 18.4 Å². The number of amides is 1. The van der Waals surface area contributed by atoms with Crippen LogP contribution in [0.15, 0.2) is 0 Å². The van der Waals surface area contributed by atoms with Crippen LogP contribution in [0.1, 0.15) is 13.8 Å². The lowest BCUT2D eigenvalue weighted by Gasteiger charge is -2.24. The quantitative estimate of drug-likeness (QED) is 0.729. The maximum Gasteiger partial charge on any atom is 0.471 e. The summed E-state index contributed by atoms with van der Waals surface area (Å²) >= 11 is 2.93. The molecule has 16 heavy (non-hydrogen) atoms. The number of halogens is 4. The molecule has 0 aromatic heterocycles. The first-order valence-electron chi connectivity index (χ1n) is 4.68. The highest BCUT2D eigenvalue weighted by Crippen LogP contribution is 2.19. The molecule has 0 fully saturated rings. The molecule has 0 N–H and O–H groups in total. The minimum atomic E-state index is -4.88. The van der Waals surface area contributed by atoms with Crippen molar-refractivity contribution < 1.29 is 22.8 Å². The summed E-state index contributed by atoms with van der Waals surface area (Å²) in [5, 5.41) is 0.0753. The molecule has 0 aromatic carbocycles. The number of Topliss-reactive ketones (excluding diaryl/α,β-unsaturated/α-hetero) is 1. The number of carbonyl (C=O) groups excluding carboxylic acids is 2. The Hall–Kier alpha value is -0.590. The van der Waals surface area contributed by atoms with Crippen LogP contribution in [0.4, 0.5) is 13.2 Å². The number of rotatable bonds is 5. The lowest BCUT2D eigenvalue weighted by atomic mass is 10.1. The van der Waals surface area contributed by atoms with Crippen LogP contribution in [0, 0.1) is 5.92 Å². The van der Waals surface area contributed by atoms with Crippen LogP contribution in [0.3, 0.4) is 0 Å². The van der Waals surface area contributed by atoms with Crippen molar-refractivity contribution in [3.8, 4) is 0 Å². The molecule has 0 spiro atoms. The van der Waals surface area contributed by atoms with Gasteiger partial charge in [0.25, 0.3) is 0 Å². The smallest absolute Gasteiger partial charge is 0.334 e. The topological polar surface area (TPSA) is 37.4 Å². The first-order valence-corrected chi connectivity index (χ1v) is 5.80. The second-order valence-corrected chi connectivity index (χ2v) is 3.90. The minimum Gasteiger partial charge on any atom is -0.334 e. The summed E-state index contributed by atoms with van der Waals surface area (Å²) in [6.07, 6.45) is -4.88. The van der Waals surface area contributed by atoms with E-state index in [1.165, 1.54) is 13.8 Å². The summed E-state index contributed by atoms with van der Waals surface area (Å²) in [4.78, 5) is 22.7. The molecule has 0 aliphatic heterocycles. The van der Waals surface area contributed by atoms with Crippen LogP contribution in [0.2, 0.25) is 0 Å². The van der Waals surface area contributed by atoms with Gasteiger partial charge in [-0.3, -0.25) is 9.59 Å². The van der Waals surface area contributed by atoms with E-state index < -0.39 is 18.0 Å². The molecular weight excluding hydrogens is 291 g/mol. The molecule has 0 rings (SSSR count). The fourth-order valence-corrected chi connectivity index (χ4v) is 1.65. The molecule has 0 radical (unpaired) electrons. The van der Waals surface area contributed by atoms with Crippen molar-refractivity contribution in [1.82, 2.24) is 4.90 Å². The number of hydrogen-bond donors (Lipinski definition) is 0. The van der Waals surface area contributed by atoms with Gasteiger partial charge in [0.05, 0.1) is 5.33 Å². The normalized spacial score (nSPS) is 13.4. The SMILES string of the molecule is CCN(CC(C)C(=O)CBr)C(=O)C(F)(F)F. The number of ketones is 1. The van der Waals surface area contributed by atoms with Crippen LogP contribution in [0.5, 0.6) is 0 Å². The van der Waals surface area contributed by atoms with Crippen LogP contribution in [-0.2, 0) is 9.59 Å². The summed E-state index contributed by atoms with van der Waals surface area (Å²) < 4.78 is 36.4. The molecule has 1 amide bonds. The van der Waals surface area contributed by atoms with Gasteiger partial charge in [0, 0.05) is 19.0 Å². The van der Waals surface area contributed by atoms with Crippen LogP contribution < -0.4 is 0 Å². The Morgan fingerprint density at radius 2 is 1.88 bits per heavy atom. The van der Waals surface area contributed by atoms with E-state index in [1.807, 2.05) is 0 Å². The van der Waals surface area contributed by atoms with Crippen LogP contribution in [0.25, 0.3) is 0 Å². The van der Waals surface area contributed by atoms with Crippen LogP contribution >= 0.6 is 15.9 Å². The molecule has 0 saturated heterocycles. The summed E-state index contributed by atoms with van der Waals surface area (Å²) in [6, 6.07) is 0. The van der Waals surface area contributed by atoms with Crippen molar-refractivity contribution >= 4 is 27.6 Å². The van der Waals surface area contributed by atoms with E-state index in [9.17, 15) is 22.8 Å². The fourth-order valence-electron chi connectivity index (χ4n) is 1.10. The molecule has 1 unspecified atom stereocenters. The Bertz CT molecular complexity index is 268. The molecule has 3 nitrogen and oxygen atoms in total. The van der Waals surface area contributed by atoms with Crippen molar-refractivity contribution in [3.63, 3.8) is 0 Å². The second kappa shape index (κ2) is 6.22. The number of alkyl halides is 4. The molecule has 0 bridgehead atoms. The maximum atomic E-state index is 12.1. The Morgan fingerprint density at radius 3 is 2.19 bits per heavy atom. The third-order valence-electron chi connectivity index (χ3n) is 2.09. The highest BCUT2D eigenvalue weighted by atomic mass is 79.9. The maximum absolute atomic E-state index is 12.1. The number of nitrogens with zero attached hydrogens (tertiary/aromatic N) is 1. The largest absolute Gasteiger partial charge is 0.471 e. The Kier molecular flexibility index (Phi) is 5.99. The molecule has 0 saturated carbocycles. The lowest BCUT2D eigenvalue weighted by Crippen LogP contribution is -2.44. The standard InChI is InChI=1S/C9H13BrF3NO2/c1-3-14(8(16)9(11,12)13)5-6(2)7(15)4-10/h6H,3-5H2,1-2H3. The zero-order valence-electron chi connectivity index (χ0n) is 8.97. The molecular formula is C9H13BrF3NO2. The van der Waals surface area contributed by atoms with Gasteiger partial charge in [0.15, 0.2) is 0 Å². The van der Waals surface area contributed by atoms with Crippen molar-refractivity contribution in [1.29, 1.82) is 0 Å². The molecule has 1 atom stereocenters. The van der Waals surface area contributed by atoms with E-state index in [0.29, 0.717) is 4.90 Å². The lowest BCUT2D eigenvalue weighted by molar-refractivity contribution is -0.185. The molecule has 7 heteroatoms. The third kappa shape index (κ3) is 4.51. The molecule has 0 aliphatic carbocycles. The van der Waals surface area contributed by atoms with Gasteiger partial charge >= 0.3 is 12.1 Å². The predicted octanol–water partition coefficient (Wildman–Crippen LogP) is 2.00. The van der Waals surface area contributed by atoms with Gasteiger partial charge in [-0.15, -0.1) is 0 Å². The van der Waals surface area contributed by atoms with Gasteiger partial charge in [-0.25, -0.2) is 0 Å². The Labute approximate surface area is 100 Å². The van der Waals surface area contributed by atoms with Crippen molar-refractivity contribution in [3.05, 3.63) is 0 Å². The monoisotopic (exact) mass is 303 g/mol. The van der Waals surface area contributed by atoms with Gasteiger partial charge < -0.3 is 4.90 Å². The third-order valence-corrected chi connectivity index (χ3v) is 2.64. The minimum absolute atomic E-state index is 0.0712. The van der Waals surface area contributed by atoms with Crippen molar-refractivity contribution in [2.24, 2.45) is 5.92 Å². The molecule has 0 heterocycles. The summed E-state index contributed by atoms with van der Waals surface area (Å²) in [7, 11) is 0. The average molecular weight is 304 g/mol. The molecule has 0 aromatic rings. The van der Waals surface area contributed by atoms with E-state index in [1.54, 1.807) is 0 Å². The summed E-state index contributed by atoms with van der Waals surface area (Å²) in [6.45, 7) is 2.66. The van der Waals surface area contributed by atoms with Crippen LogP contribution in [-0.4, -0.2) is 41.2 Å². The zero-order chi connectivity index (χ0) is 12.9. The number of hydrogen-bond acceptors (Lipinski definition) is 2. The van der Waals surface area contributed by atoms with E-state index >= 15 is 0 Å². The highest BCUT2D eigenvalue weighted by molar-refractivity contribution is 9.09. The average Bonchev–Trinajstić information content (AvgIpc) is 2.21. The van der Waals surface area contributed by atoms with Gasteiger partial charge in [0.2, 0.25) is 0 Å².